The predicted octanol–water partition coefficient (Wildman–Crippen LogP) is 2.04. The number of ether oxygens (including phenoxy) is 1. The van der Waals surface area contributed by atoms with E-state index < -0.39 is 0 Å². The van der Waals surface area contributed by atoms with Gasteiger partial charge in [-0.15, -0.1) is 0 Å². The Kier molecular flexibility index (Phi) is 9.44. The zero-order chi connectivity index (χ0) is 20.4. The van der Waals surface area contributed by atoms with Gasteiger partial charge in [0, 0.05) is 32.7 Å². The number of carbonyl (C=O) groups is 2. The van der Waals surface area contributed by atoms with Crippen LogP contribution in [-0.4, -0.2) is 85.0 Å². The molecular weight excluding hydrogens is 354 g/mol. The summed E-state index contributed by atoms with van der Waals surface area (Å²) in [5.74, 6) is 0.156. The molecule has 0 saturated carbocycles. The summed E-state index contributed by atoms with van der Waals surface area (Å²) < 4.78 is 5.99. The molecule has 0 radical (unpaired) electrons. The van der Waals surface area contributed by atoms with Gasteiger partial charge in [-0.2, -0.15) is 0 Å². The van der Waals surface area contributed by atoms with Gasteiger partial charge in [-0.3, -0.25) is 14.5 Å². The molecule has 28 heavy (non-hydrogen) atoms. The van der Waals surface area contributed by atoms with Gasteiger partial charge in [-0.25, -0.2) is 0 Å². The molecule has 0 N–H and O–H groups in total. The zero-order valence-electron chi connectivity index (χ0n) is 17.6. The lowest BCUT2D eigenvalue weighted by Gasteiger charge is -2.26. The third-order valence-corrected chi connectivity index (χ3v) is 5.21. The molecule has 0 unspecified atom stereocenters. The summed E-state index contributed by atoms with van der Waals surface area (Å²) in [7, 11) is 0. The van der Waals surface area contributed by atoms with E-state index in [1.807, 2.05) is 36.9 Å². The summed E-state index contributed by atoms with van der Waals surface area (Å²) >= 11 is 0. The minimum atomic E-state index is -0.145. The monoisotopic (exact) mass is 389 g/mol. The van der Waals surface area contributed by atoms with Gasteiger partial charge in [0.15, 0.2) is 0 Å². The first-order valence-corrected chi connectivity index (χ1v) is 10.5. The fourth-order valence-electron chi connectivity index (χ4n) is 3.62. The maximum absolute atomic E-state index is 12.8. The summed E-state index contributed by atoms with van der Waals surface area (Å²) in [5.41, 5.74) is 1.22. The molecule has 1 aliphatic rings. The minimum absolute atomic E-state index is 0.0125. The van der Waals surface area contributed by atoms with E-state index in [-0.39, 0.29) is 24.5 Å². The van der Waals surface area contributed by atoms with E-state index in [2.05, 4.69) is 24.0 Å². The average molecular weight is 390 g/mol. The highest BCUT2D eigenvalue weighted by molar-refractivity contribution is 5.79. The van der Waals surface area contributed by atoms with Gasteiger partial charge in [-0.1, -0.05) is 37.3 Å². The van der Waals surface area contributed by atoms with E-state index >= 15 is 0 Å². The van der Waals surface area contributed by atoms with E-state index in [0.717, 1.165) is 19.4 Å². The largest absolute Gasteiger partial charge is 0.365 e. The van der Waals surface area contributed by atoms with E-state index in [1.54, 1.807) is 4.90 Å². The van der Waals surface area contributed by atoms with Crippen molar-refractivity contribution in [2.75, 3.05) is 52.4 Å². The molecule has 1 fully saturated rings. The van der Waals surface area contributed by atoms with Crippen molar-refractivity contribution in [2.24, 2.45) is 0 Å². The van der Waals surface area contributed by atoms with Crippen LogP contribution in [0.15, 0.2) is 30.3 Å². The second-order valence-corrected chi connectivity index (χ2v) is 7.31. The first-order chi connectivity index (χ1) is 13.6. The molecule has 1 heterocycles. The van der Waals surface area contributed by atoms with Crippen LogP contribution in [0, 0.1) is 0 Å². The van der Waals surface area contributed by atoms with Crippen molar-refractivity contribution in [1.29, 1.82) is 0 Å². The van der Waals surface area contributed by atoms with Crippen LogP contribution in [0.1, 0.15) is 32.8 Å². The van der Waals surface area contributed by atoms with Gasteiger partial charge >= 0.3 is 0 Å². The Labute approximate surface area is 169 Å². The Bertz CT molecular complexity index is 604. The van der Waals surface area contributed by atoms with E-state index in [0.29, 0.717) is 39.3 Å². The van der Waals surface area contributed by atoms with Gasteiger partial charge in [0.25, 0.3) is 0 Å². The Balaban J connectivity index is 1.98. The summed E-state index contributed by atoms with van der Waals surface area (Å²) in [6.45, 7) is 10.7. The van der Waals surface area contributed by atoms with E-state index in [4.69, 9.17) is 4.74 Å². The third-order valence-electron chi connectivity index (χ3n) is 5.21. The molecule has 0 bridgehead atoms. The molecule has 0 aliphatic carbocycles. The lowest BCUT2D eigenvalue weighted by molar-refractivity contribution is -0.138. The molecule has 2 amide bonds. The molecule has 6 heteroatoms. The SMILES string of the molecule is CCCN1CC(=O)N(CCc2ccccc2)C[C@@H](OCC(=O)N(CC)CC)C1. The summed E-state index contributed by atoms with van der Waals surface area (Å²) in [6.07, 6.45) is 1.67. The first-order valence-electron chi connectivity index (χ1n) is 10.5. The second kappa shape index (κ2) is 11.8. The first kappa shape index (κ1) is 22.4. The van der Waals surface area contributed by atoms with E-state index in [9.17, 15) is 9.59 Å². The summed E-state index contributed by atoms with van der Waals surface area (Å²) in [4.78, 5) is 30.9. The highest BCUT2D eigenvalue weighted by Crippen LogP contribution is 2.11. The van der Waals surface area contributed by atoms with Gasteiger partial charge in [-0.05, 0) is 38.8 Å². The van der Waals surface area contributed by atoms with Crippen molar-refractivity contribution in [3.05, 3.63) is 35.9 Å². The van der Waals surface area contributed by atoms with Crippen molar-refractivity contribution in [3.8, 4) is 0 Å². The minimum Gasteiger partial charge on any atom is -0.365 e. The number of rotatable bonds is 10. The van der Waals surface area contributed by atoms with Crippen molar-refractivity contribution in [1.82, 2.24) is 14.7 Å². The number of hydrogen-bond acceptors (Lipinski definition) is 4. The number of nitrogens with zero attached hydrogens (tertiary/aromatic N) is 3. The number of carbonyl (C=O) groups excluding carboxylic acids is 2. The van der Waals surface area contributed by atoms with Gasteiger partial charge in [0.05, 0.1) is 12.6 Å². The quantitative estimate of drug-likeness (QED) is 0.615. The third kappa shape index (κ3) is 6.91. The van der Waals surface area contributed by atoms with Crippen LogP contribution in [0.25, 0.3) is 0 Å². The highest BCUT2D eigenvalue weighted by atomic mass is 16.5. The molecular formula is C22H35N3O3. The molecule has 1 saturated heterocycles. The van der Waals surface area contributed by atoms with Gasteiger partial charge in [0.2, 0.25) is 11.8 Å². The zero-order valence-corrected chi connectivity index (χ0v) is 17.6. The van der Waals surface area contributed by atoms with Crippen molar-refractivity contribution in [2.45, 2.75) is 39.7 Å². The fraction of sp³-hybridized carbons (Fsp3) is 0.636. The fourth-order valence-corrected chi connectivity index (χ4v) is 3.62. The van der Waals surface area contributed by atoms with E-state index in [1.165, 1.54) is 5.56 Å². The molecule has 1 atom stereocenters. The molecule has 0 aromatic heterocycles. The summed E-state index contributed by atoms with van der Waals surface area (Å²) in [6, 6.07) is 10.2. The van der Waals surface area contributed by atoms with Crippen molar-refractivity contribution >= 4 is 11.8 Å². The normalized spacial score (nSPS) is 18.2. The Morgan fingerprint density at radius 1 is 1.11 bits per heavy atom. The molecule has 156 valence electrons. The van der Waals surface area contributed by atoms with Crippen LogP contribution in [0.5, 0.6) is 0 Å². The Morgan fingerprint density at radius 2 is 1.82 bits per heavy atom. The van der Waals surface area contributed by atoms with Crippen LogP contribution in [0.3, 0.4) is 0 Å². The van der Waals surface area contributed by atoms with Crippen LogP contribution in [0.4, 0.5) is 0 Å². The van der Waals surface area contributed by atoms with Crippen LogP contribution < -0.4 is 0 Å². The van der Waals surface area contributed by atoms with Gasteiger partial charge in [0.1, 0.15) is 6.61 Å². The average Bonchev–Trinajstić information content (AvgIpc) is 2.85. The number of likely N-dealkylation sites (N-methyl/N-ethyl adjacent to an activating group) is 1. The number of hydrogen-bond donors (Lipinski definition) is 0. The number of benzene rings is 1. The summed E-state index contributed by atoms with van der Waals surface area (Å²) in [5, 5.41) is 0. The van der Waals surface area contributed by atoms with Crippen LogP contribution in [0.2, 0.25) is 0 Å². The Hall–Kier alpha value is -1.92. The van der Waals surface area contributed by atoms with Gasteiger partial charge < -0.3 is 14.5 Å². The topological polar surface area (TPSA) is 53.1 Å². The molecule has 6 nitrogen and oxygen atoms in total. The standard InChI is InChI=1S/C22H35N3O3/c1-4-13-23-15-20(28-18-22(27)24(5-2)6-3)16-25(21(26)17-23)14-12-19-10-8-7-9-11-19/h7-11,20H,4-6,12-18H2,1-3H3/t20-/m0/s1. The molecule has 1 aromatic rings. The molecule has 0 spiro atoms. The predicted molar refractivity (Wildman–Crippen MR) is 111 cm³/mol. The molecule has 1 aromatic carbocycles. The molecule has 2 rings (SSSR count). The van der Waals surface area contributed by atoms with Crippen molar-refractivity contribution in [3.63, 3.8) is 0 Å². The maximum atomic E-state index is 12.8. The second-order valence-electron chi connectivity index (χ2n) is 7.31. The van der Waals surface area contributed by atoms with Crippen LogP contribution >= 0.6 is 0 Å². The highest BCUT2D eigenvalue weighted by Gasteiger charge is 2.28. The lowest BCUT2D eigenvalue weighted by atomic mass is 10.1. The van der Waals surface area contributed by atoms with Crippen LogP contribution in [-0.2, 0) is 20.7 Å². The smallest absolute Gasteiger partial charge is 0.248 e. The lowest BCUT2D eigenvalue weighted by Crippen LogP contribution is -2.41. The number of amides is 2. The van der Waals surface area contributed by atoms with Crippen molar-refractivity contribution < 1.29 is 14.3 Å². The maximum Gasteiger partial charge on any atom is 0.248 e. The molecule has 1 aliphatic heterocycles. The Morgan fingerprint density at radius 3 is 2.46 bits per heavy atom.